The topological polar surface area (TPSA) is 43.8 Å². The van der Waals surface area contributed by atoms with Gasteiger partial charge in [0.25, 0.3) is 0 Å². The zero-order valence-corrected chi connectivity index (χ0v) is 12.6. The summed E-state index contributed by atoms with van der Waals surface area (Å²) in [5.74, 6) is 0. The van der Waals surface area contributed by atoms with Gasteiger partial charge in [0.1, 0.15) is 0 Å². The molecule has 0 saturated carbocycles. The number of benzene rings is 2. The van der Waals surface area contributed by atoms with Crippen molar-refractivity contribution in [1.29, 1.82) is 0 Å². The lowest BCUT2D eigenvalue weighted by Crippen LogP contribution is -2.01. The Bertz CT molecular complexity index is 760. The molecular weight excluding hydrogens is 305 g/mol. The molecule has 0 spiro atoms. The minimum Gasteiger partial charge on any atom is -0.399 e. The van der Waals surface area contributed by atoms with Crippen molar-refractivity contribution in [2.45, 2.75) is 6.54 Å². The molecule has 1 heterocycles. The summed E-state index contributed by atoms with van der Waals surface area (Å²) in [5, 5.41) is 5.64. The van der Waals surface area contributed by atoms with Crippen LogP contribution in [0.5, 0.6) is 0 Å². The second kappa shape index (κ2) is 5.80. The fourth-order valence-electron chi connectivity index (χ4n) is 2.16. The molecule has 0 amide bonds. The molecule has 3 rings (SSSR count). The molecule has 3 aromatic rings. The van der Waals surface area contributed by atoms with Crippen LogP contribution in [0.4, 0.5) is 5.69 Å². The molecule has 3 nitrogen and oxygen atoms in total. The van der Waals surface area contributed by atoms with E-state index in [9.17, 15) is 0 Å². The van der Waals surface area contributed by atoms with E-state index >= 15 is 0 Å². The molecule has 0 bridgehead atoms. The van der Waals surface area contributed by atoms with Crippen LogP contribution in [-0.4, -0.2) is 9.78 Å². The fourth-order valence-corrected chi connectivity index (χ4v) is 2.68. The molecule has 21 heavy (non-hydrogen) atoms. The molecule has 0 aliphatic heterocycles. The van der Waals surface area contributed by atoms with Crippen LogP contribution >= 0.6 is 23.2 Å². The second-order valence-corrected chi connectivity index (χ2v) is 5.57. The summed E-state index contributed by atoms with van der Waals surface area (Å²) in [5.41, 5.74) is 9.44. The molecule has 0 unspecified atom stereocenters. The van der Waals surface area contributed by atoms with Crippen molar-refractivity contribution in [3.05, 3.63) is 70.5 Å². The highest BCUT2D eigenvalue weighted by Gasteiger charge is 2.08. The van der Waals surface area contributed by atoms with Gasteiger partial charge in [0, 0.05) is 33.1 Å². The minimum absolute atomic E-state index is 0.529. The highest BCUT2D eigenvalue weighted by atomic mass is 35.5. The Balaban J connectivity index is 1.89. The Morgan fingerprint density at radius 1 is 1.00 bits per heavy atom. The number of hydrogen-bond acceptors (Lipinski definition) is 2. The van der Waals surface area contributed by atoms with E-state index in [2.05, 4.69) is 5.10 Å². The van der Waals surface area contributed by atoms with Gasteiger partial charge in [-0.25, -0.2) is 0 Å². The Kier molecular flexibility index (Phi) is 3.86. The summed E-state index contributed by atoms with van der Waals surface area (Å²) in [6.07, 6.45) is 3.76. The van der Waals surface area contributed by atoms with Crippen molar-refractivity contribution in [2.75, 3.05) is 5.73 Å². The van der Waals surface area contributed by atoms with Gasteiger partial charge >= 0.3 is 0 Å². The summed E-state index contributed by atoms with van der Waals surface area (Å²) in [6, 6.07) is 13.2. The van der Waals surface area contributed by atoms with E-state index in [1.165, 1.54) is 0 Å². The van der Waals surface area contributed by atoms with Crippen LogP contribution in [-0.2, 0) is 6.54 Å². The average Bonchev–Trinajstić information content (AvgIpc) is 2.92. The Hall–Kier alpha value is -1.97. The Morgan fingerprint density at radius 2 is 1.71 bits per heavy atom. The van der Waals surface area contributed by atoms with Gasteiger partial charge in [0.05, 0.1) is 12.7 Å². The number of hydrogen-bond donors (Lipinski definition) is 1. The van der Waals surface area contributed by atoms with Gasteiger partial charge in [-0.15, -0.1) is 0 Å². The summed E-state index contributed by atoms with van der Waals surface area (Å²) in [4.78, 5) is 0. The molecular formula is C16H13Cl2N3. The summed E-state index contributed by atoms with van der Waals surface area (Å²) in [7, 11) is 0. The van der Waals surface area contributed by atoms with Crippen LogP contribution in [0.3, 0.4) is 0 Å². The molecule has 106 valence electrons. The van der Waals surface area contributed by atoms with E-state index in [0.29, 0.717) is 16.6 Å². The lowest BCUT2D eigenvalue weighted by Gasteiger charge is -2.06. The first kappa shape index (κ1) is 14.0. The summed E-state index contributed by atoms with van der Waals surface area (Å²) in [6.45, 7) is 0.529. The number of nitrogens with two attached hydrogens (primary N) is 1. The maximum atomic E-state index is 6.18. The van der Waals surface area contributed by atoms with Crippen molar-refractivity contribution in [3.8, 4) is 11.1 Å². The van der Waals surface area contributed by atoms with Gasteiger partial charge in [-0.1, -0.05) is 41.4 Å². The Labute approximate surface area is 132 Å². The third-order valence-corrected chi connectivity index (χ3v) is 3.94. The highest BCUT2D eigenvalue weighted by molar-refractivity contribution is 6.35. The molecule has 5 heteroatoms. The van der Waals surface area contributed by atoms with Crippen LogP contribution in [0.2, 0.25) is 10.0 Å². The number of nitrogen functional groups attached to an aromatic ring is 1. The van der Waals surface area contributed by atoms with Crippen molar-refractivity contribution in [2.24, 2.45) is 0 Å². The zero-order valence-electron chi connectivity index (χ0n) is 11.1. The van der Waals surface area contributed by atoms with Crippen molar-refractivity contribution < 1.29 is 0 Å². The monoisotopic (exact) mass is 317 g/mol. The first-order valence-corrected chi connectivity index (χ1v) is 7.20. The predicted molar refractivity (Wildman–Crippen MR) is 87.6 cm³/mol. The van der Waals surface area contributed by atoms with Crippen LogP contribution in [0.1, 0.15) is 5.56 Å². The zero-order chi connectivity index (χ0) is 14.8. The van der Waals surface area contributed by atoms with Gasteiger partial charge < -0.3 is 5.73 Å². The predicted octanol–water partition coefficient (Wildman–Crippen LogP) is 4.49. The second-order valence-electron chi connectivity index (χ2n) is 4.75. The molecule has 0 aliphatic rings. The third-order valence-electron chi connectivity index (χ3n) is 3.24. The number of halogens is 2. The van der Waals surface area contributed by atoms with E-state index < -0.39 is 0 Å². The average molecular weight is 318 g/mol. The minimum atomic E-state index is 0.529. The van der Waals surface area contributed by atoms with Crippen LogP contribution in [0.25, 0.3) is 11.1 Å². The first-order chi connectivity index (χ1) is 10.1. The van der Waals surface area contributed by atoms with E-state index in [-0.39, 0.29) is 0 Å². The van der Waals surface area contributed by atoms with E-state index in [4.69, 9.17) is 28.9 Å². The van der Waals surface area contributed by atoms with Gasteiger partial charge in [-0.2, -0.15) is 5.10 Å². The fraction of sp³-hybridized carbons (Fsp3) is 0.0625. The van der Waals surface area contributed by atoms with Crippen LogP contribution in [0, 0.1) is 0 Å². The summed E-state index contributed by atoms with van der Waals surface area (Å²) < 4.78 is 1.81. The van der Waals surface area contributed by atoms with Crippen molar-refractivity contribution in [3.63, 3.8) is 0 Å². The number of nitrogens with zero attached hydrogens (tertiary/aromatic N) is 2. The standard InChI is InChI=1S/C16H13Cl2N3/c17-15-5-2-6-16(18)14(15)10-21-9-12(8-20-21)11-3-1-4-13(19)7-11/h1-9H,10,19H2. The third kappa shape index (κ3) is 3.04. The number of rotatable bonds is 3. The highest BCUT2D eigenvalue weighted by Crippen LogP contribution is 2.26. The molecule has 0 aliphatic carbocycles. The maximum Gasteiger partial charge on any atom is 0.0688 e. The number of anilines is 1. The van der Waals surface area contributed by atoms with Crippen molar-refractivity contribution in [1.82, 2.24) is 9.78 Å². The van der Waals surface area contributed by atoms with E-state index in [1.54, 1.807) is 6.20 Å². The lowest BCUT2D eigenvalue weighted by molar-refractivity contribution is 0.687. The normalized spacial score (nSPS) is 10.8. The molecule has 0 radical (unpaired) electrons. The summed E-state index contributed by atoms with van der Waals surface area (Å²) >= 11 is 12.4. The molecule has 0 saturated heterocycles. The van der Waals surface area contributed by atoms with Crippen molar-refractivity contribution >= 4 is 28.9 Å². The van der Waals surface area contributed by atoms with E-state index in [0.717, 1.165) is 22.4 Å². The smallest absolute Gasteiger partial charge is 0.0688 e. The molecule has 0 fully saturated rings. The van der Waals surface area contributed by atoms with Gasteiger partial charge in [0.2, 0.25) is 0 Å². The number of aromatic nitrogens is 2. The SMILES string of the molecule is Nc1cccc(-c2cnn(Cc3c(Cl)cccc3Cl)c2)c1. The first-order valence-electron chi connectivity index (χ1n) is 6.45. The molecule has 1 aromatic heterocycles. The molecule has 2 N–H and O–H groups in total. The molecule has 0 atom stereocenters. The largest absolute Gasteiger partial charge is 0.399 e. The maximum absolute atomic E-state index is 6.18. The molecule has 2 aromatic carbocycles. The lowest BCUT2D eigenvalue weighted by atomic mass is 10.1. The van der Waals surface area contributed by atoms with Crippen LogP contribution in [0.15, 0.2) is 54.9 Å². The quantitative estimate of drug-likeness (QED) is 0.723. The van der Waals surface area contributed by atoms with Gasteiger partial charge in [-0.3, -0.25) is 4.68 Å². The van der Waals surface area contributed by atoms with Gasteiger partial charge in [-0.05, 0) is 29.8 Å². The van der Waals surface area contributed by atoms with Gasteiger partial charge in [0.15, 0.2) is 0 Å². The van der Waals surface area contributed by atoms with Crippen LogP contribution < -0.4 is 5.73 Å². The van der Waals surface area contributed by atoms with E-state index in [1.807, 2.05) is 53.3 Å². The Morgan fingerprint density at radius 3 is 2.43 bits per heavy atom.